The summed E-state index contributed by atoms with van der Waals surface area (Å²) >= 11 is 3.26. The van der Waals surface area contributed by atoms with Crippen LogP contribution in [0.4, 0.5) is 0 Å². The van der Waals surface area contributed by atoms with E-state index < -0.39 is 5.97 Å². The topological polar surface area (TPSA) is 80.0 Å². The van der Waals surface area contributed by atoms with Crippen LogP contribution in [0.2, 0.25) is 0 Å². The van der Waals surface area contributed by atoms with Crippen molar-refractivity contribution in [3.63, 3.8) is 0 Å². The fourth-order valence-electron chi connectivity index (χ4n) is 2.72. The minimum absolute atomic E-state index is 0.0615. The number of carboxylic acid groups (broad SMARTS) is 1. The van der Waals surface area contributed by atoms with Crippen LogP contribution in [0.15, 0.2) is 39.2 Å². The molecular weight excluding hydrogens is 378 g/mol. The lowest BCUT2D eigenvalue weighted by Gasteiger charge is -2.34. The number of nitrogens with zero attached hydrogens (tertiary/aromatic N) is 1. The second-order valence-electron chi connectivity index (χ2n) is 5.57. The molecule has 1 aliphatic heterocycles. The van der Waals surface area contributed by atoms with E-state index in [1.165, 1.54) is 12.1 Å². The molecule has 1 fully saturated rings. The maximum Gasteiger partial charge on any atom is 0.335 e. The number of halogens is 1. The van der Waals surface area contributed by atoms with Crippen molar-refractivity contribution in [1.29, 1.82) is 0 Å². The molecule has 1 aromatic carbocycles. The number of rotatable bonds is 3. The molecule has 0 radical (unpaired) electrons. The number of hydrogen-bond donors (Lipinski definition) is 1. The van der Waals surface area contributed by atoms with Crippen LogP contribution >= 0.6 is 15.9 Å². The van der Waals surface area contributed by atoms with Crippen LogP contribution in [0.5, 0.6) is 0 Å². The molecule has 7 heteroatoms. The fraction of sp³-hybridized carbons (Fsp3) is 0.294. The smallest absolute Gasteiger partial charge is 0.335 e. The maximum atomic E-state index is 12.9. The number of aromatic carboxylic acids is 1. The summed E-state index contributed by atoms with van der Waals surface area (Å²) in [6.45, 7) is 3.03. The number of benzene rings is 1. The van der Waals surface area contributed by atoms with Crippen LogP contribution in [0.25, 0.3) is 0 Å². The highest BCUT2D eigenvalue weighted by Crippen LogP contribution is 2.28. The van der Waals surface area contributed by atoms with E-state index in [1.54, 1.807) is 11.0 Å². The largest absolute Gasteiger partial charge is 0.478 e. The van der Waals surface area contributed by atoms with Crippen LogP contribution in [-0.2, 0) is 4.74 Å². The van der Waals surface area contributed by atoms with Crippen LogP contribution in [0, 0.1) is 6.92 Å². The number of amides is 1. The first-order valence-electron chi connectivity index (χ1n) is 7.44. The monoisotopic (exact) mass is 393 g/mol. The molecule has 126 valence electrons. The van der Waals surface area contributed by atoms with E-state index in [1.807, 2.05) is 19.1 Å². The van der Waals surface area contributed by atoms with Gasteiger partial charge >= 0.3 is 5.97 Å². The first kappa shape index (κ1) is 16.7. The Balaban J connectivity index is 1.93. The number of morpholine rings is 1. The first-order chi connectivity index (χ1) is 11.5. The van der Waals surface area contributed by atoms with Gasteiger partial charge < -0.3 is 19.2 Å². The normalized spacial score (nSPS) is 17.8. The minimum Gasteiger partial charge on any atom is -0.478 e. The van der Waals surface area contributed by atoms with Gasteiger partial charge in [0, 0.05) is 16.6 Å². The van der Waals surface area contributed by atoms with Gasteiger partial charge in [0.15, 0.2) is 0 Å². The van der Waals surface area contributed by atoms with E-state index in [0.29, 0.717) is 35.6 Å². The highest BCUT2D eigenvalue weighted by Gasteiger charge is 2.31. The molecule has 24 heavy (non-hydrogen) atoms. The number of carbonyl (C=O) groups is 2. The van der Waals surface area contributed by atoms with Gasteiger partial charge in [-0.2, -0.15) is 0 Å². The van der Waals surface area contributed by atoms with Crippen molar-refractivity contribution in [1.82, 2.24) is 4.90 Å². The number of carbonyl (C=O) groups excluding carboxylic acids is 1. The van der Waals surface area contributed by atoms with Gasteiger partial charge in [0.05, 0.1) is 18.8 Å². The molecule has 0 saturated carbocycles. The lowest BCUT2D eigenvalue weighted by Crippen LogP contribution is -2.43. The molecule has 0 spiro atoms. The number of aryl methyl sites for hydroxylation is 1. The Morgan fingerprint density at radius 3 is 2.67 bits per heavy atom. The van der Waals surface area contributed by atoms with Crippen molar-refractivity contribution in [2.24, 2.45) is 0 Å². The summed E-state index contributed by atoms with van der Waals surface area (Å²) in [5.41, 5.74) is 0.378. The highest BCUT2D eigenvalue weighted by molar-refractivity contribution is 9.10. The molecule has 1 unspecified atom stereocenters. The van der Waals surface area contributed by atoms with Crippen molar-refractivity contribution < 1.29 is 23.8 Å². The Labute approximate surface area is 147 Å². The van der Waals surface area contributed by atoms with E-state index in [2.05, 4.69) is 15.9 Å². The minimum atomic E-state index is -1.08. The zero-order chi connectivity index (χ0) is 17.3. The number of hydrogen-bond acceptors (Lipinski definition) is 4. The Kier molecular flexibility index (Phi) is 4.73. The van der Waals surface area contributed by atoms with E-state index in [9.17, 15) is 14.7 Å². The Morgan fingerprint density at radius 2 is 2.00 bits per heavy atom. The average molecular weight is 394 g/mol. The standard InChI is InChI=1S/C17H16BrNO5/c1-10-2-3-15(24-10)14-9-23-5-4-19(14)16(20)11-6-12(17(21)22)8-13(18)7-11/h2-3,6-8,14H,4-5,9H2,1H3,(H,21,22). The van der Waals surface area contributed by atoms with Crippen LogP contribution in [-0.4, -0.2) is 41.6 Å². The van der Waals surface area contributed by atoms with Gasteiger partial charge in [-0.25, -0.2) is 4.79 Å². The second kappa shape index (κ2) is 6.78. The van der Waals surface area contributed by atoms with Gasteiger partial charge in [-0.05, 0) is 37.3 Å². The van der Waals surface area contributed by atoms with Crippen LogP contribution in [0.3, 0.4) is 0 Å². The molecule has 0 aliphatic carbocycles. The summed E-state index contributed by atoms with van der Waals surface area (Å²) in [5, 5.41) is 9.18. The van der Waals surface area contributed by atoms with E-state index in [-0.39, 0.29) is 17.5 Å². The summed E-state index contributed by atoms with van der Waals surface area (Å²) in [6.07, 6.45) is 0. The van der Waals surface area contributed by atoms with E-state index in [0.717, 1.165) is 5.76 Å². The summed E-state index contributed by atoms with van der Waals surface area (Å²) < 4.78 is 11.7. The average Bonchev–Trinajstić information content (AvgIpc) is 3.00. The van der Waals surface area contributed by atoms with Crippen molar-refractivity contribution in [3.05, 3.63) is 57.5 Å². The van der Waals surface area contributed by atoms with E-state index in [4.69, 9.17) is 9.15 Å². The summed E-state index contributed by atoms with van der Waals surface area (Å²) in [7, 11) is 0. The lowest BCUT2D eigenvalue weighted by atomic mass is 10.1. The fourth-order valence-corrected chi connectivity index (χ4v) is 3.21. The summed E-state index contributed by atoms with van der Waals surface area (Å²) in [6, 6.07) is 7.81. The molecule has 1 aromatic heterocycles. The van der Waals surface area contributed by atoms with Gasteiger partial charge in [0.2, 0.25) is 0 Å². The van der Waals surface area contributed by atoms with Crippen molar-refractivity contribution in [2.75, 3.05) is 19.8 Å². The predicted octanol–water partition coefficient (Wildman–Crippen LogP) is 3.26. The molecule has 1 aliphatic rings. The first-order valence-corrected chi connectivity index (χ1v) is 8.24. The van der Waals surface area contributed by atoms with Crippen LogP contribution in [0.1, 0.15) is 38.3 Å². The van der Waals surface area contributed by atoms with Gasteiger partial charge in [-0.1, -0.05) is 15.9 Å². The maximum absolute atomic E-state index is 12.9. The van der Waals surface area contributed by atoms with Crippen LogP contribution < -0.4 is 0 Å². The van der Waals surface area contributed by atoms with E-state index >= 15 is 0 Å². The predicted molar refractivity (Wildman–Crippen MR) is 89.1 cm³/mol. The molecule has 0 bridgehead atoms. The molecule has 1 amide bonds. The Morgan fingerprint density at radius 1 is 1.25 bits per heavy atom. The number of carboxylic acids is 1. The third kappa shape index (κ3) is 3.37. The second-order valence-corrected chi connectivity index (χ2v) is 6.49. The summed E-state index contributed by atoms with van der Waals surface area (Å²) in [5.74, 6) is 0.0966. The Bertz CT molecular complexity index is 785. The molecule has 1 saturated heterocycles. The lowest BCUT2D eigenvalue weighted by molar-refractivity contribution is -0.00895. The van der Waals surface area contributed by atoms with Gasteiger partial charge in [-0.15, -0.1) is 0 Å². The highest BCUT2D eigenvalue weighted by atomic mass is 79.9. The number of ether oxygens (including phenoxy) is 1. The third-order valence-corrected chi connectivity index (χ3v) is 4.33. The molecule has 1 atom stereocenters. The SMILES string of the molecule is Cc1ccc(C2COCCN2C(=O)c2cc(Br)cc(C(=O)O)c2)o1. The van der Waals surface area contributed by atoms with Crippen molar-refractivity contribution in [3.8, 4) is 0 Å². The third-order valence-electron chi connectivity index (χ3n) is 3.87. The zero-order valence-electron chi connectivity index (χ0n) is 13.0. The van der Waals surface area contributed by atoms with Gasteiger partial charge in [0.1, 0.15) is 17.6 Å². The quantitative estimate of drug-likeness (QED) is 0.865. The van der Waals surface area contributed by atoms with Gasteiger partial charge in [-0.3, -0.25) is 4.79 Å². The van der Waals surface area contributed by atoms with Crippen molar-refractivity contribution in [2.45, 2.75) is 13.0 Å². The molecular formula is C17H16BrNO5. The Hall–Kier alpha value is -2.12. The molecule has 3 rings (SSSR count). The molecule has 1 N–H and O–H groups in total. The zero-order valence-corrected chi connectivity index (χ0v) is 14.6. The number of furan rings is 1. The summed E-state index contributed by atoms with van der Waals surface area (Å²) in [4.78, 5) is 25.8. The van der Waals surface area contributed by atoms with Crippen molar-refractivity contribution >= 4 is 27.8 Å². The molecule has 2 aromatic rings. The molecule has 6 nitrogen and oxygen atoms in total. The van der Waals surface area contributed by atoms with Gasteiger partial charge in [0.25, 0.3) is 5.91 Å². The molecule has 2 heterocycles.